The summed E-state index contributed by atoms with van der Waals surface area (Å²) in [7, 11) is 0. The molecule has 0 saturated carbocycles. The first-order chi connectivity index (χ1) is 12.3. The summed E-state index contributed by atoms with van der Waals surface area (Å²) in [5.74, 6) is -0.195. The van der Waals surface area contributed by atoms with Crippen molar-refractivity contribution >= 4 is 34.7 Å². The molecule has 0 spiro atoms. The number of nitrogens with zero attached hydrogens (tertiary/aromatic N) is 3. The van der Waals surface area contributed by atoms with Crippen molar-refractivity contribution in [2.24, 2.45) is 0 Å². The third-order valence-electron chi connectivity index (χ3n) is 3.22. The molecule has 0 aliphatic rings. The van der Waals surface area contributed by atoms with Gasteiger partial charge in [-0.25, -0.2) is 4.39 Å². The number of halogens is 5. The number of nitrogens with one attached hydrogen (secondary N) is 2. The molecular weight excluding hydrogens is 374 g/mol. The Bertz CT molecular complexity index is 915. The second-order valence-electron chi connectivity index (χ2n) is 5.11. The van der Waals surface area contributed by atoms with Gasteiger partial charge in [0.15, 0.2) is 5.82 Å². The third kappa shape index (κ3) is 4.37. The summed E-state index contributed by atoms with van der Waals surface area (Å²) in [5.41, 5.74) is -0.312. The van der Waals surface area contributed by atoms with E-state index in [1.807, 2.05) is 0 Å². The Balaban J connectivity index is 1.82. The van der Waals surface area contributed by atoms with Crippen LogP contribution in [0, 0.1) is 5.82 Å². The maximum Gasteiger partial charge on any atom is 0.416 e. The number of anilines is 4. The van der Waals surface area contributed by atoms with Crippen molar-refractivity contribution < 1.29 is 17.6 Å². The van der Waals surface area contributed by atoms with Crippen LogP contribution in [-0.2, 0) is 6.18 Å². The predicted molar refractivity (Wildman–Crippen MR) is 89.2 cm³/mol. The summed E-state index contributed by atoms with van der Waals surface area (Å²) < 4.78 is 51.4. The van der Waals surface area contributed by atoms with E-state index < -0.39 is 17.6 Å². The number of alkyl halides is 3. The zero-order chi connectivity index (χ0) is 18.7. The SMILES string of the molecule is Fc1ccc(Nc2nncc(Nc3cc(C(F)(F)F)ccc3Cl)n2)cc1. The van der Waals surface area contributed by atoms with Crippen LogP contribution in [0.4, 0.5) is 40.7 Å². The highest BCUT2D eigenvalue weighted by Crippen LogP contribution is 2.34. The molecule has 134 valence electrons. The molecule has 3 rings (SSSR count). The standard InChI is InChI=1S/C16H10ClF4N5/c17-12-6-1-9(16(19,20)21)7-13(12)24-14-8-22-26-15(25-14)23-11-4-2-10(18)3-5-11/h1-8H,(H2,23,24,25,26). The summed E-state index contributed by atoms with van der Waals surface area (Å²) in [6.45, 7) is 0. The van der Waals surface area contributed by atoms with E-state index in [0.29, 0.717) is 5.69 Å². The molecule has 0 aliphatic heterocycles. The maximum absolute atomic E-state index is 12.9. The Hall–Kier alpha value is -2.94. The van der Waals surface area contributed by atoms with Crippen LogP contribution in [0.1, 0.15) is 5.56 Å². The molecule has 0 bridgehead atoms. The number of aromatic nitrogens is 3. The minimum Gasteiger partial charge on any atom is -0.338 e. The molecule has 10 heteroatoms. The van der Waals surface area contributed by atoms with E-state index in [1.54, 1.807) is 0 Å². The molecule has 0 atom stereocenters. The summed E-state index contributed by atoms with van der Waals surface area (Å²) in [5, 5.41) is 13.0. The molecule has 0 radical (unpaired) electrons. The van der Waals surface area contributed by atoms with Gasteiger partial charge in [0, 0.05) is 5.69 Å². The van der Waals surface area contributed by atoms with Crippen molar-refractivity contribution in [3.05, 3.63) is 65.1 Å². The van der Waals surface area contributed by atoms with E-state index in [-0.39, 0.29) is 22.5 Å². The van der Waals surface area contributed by atoms with Gasteiger partial charge in [0.05, 0.1) is 22.5 Å². The van der Waals surface area contributed by atoms with Crippen LogP contribution in [0.3, 0.4) is 0 Å². The number of hydrogen-bond donors (Lipinski definition) is 2. The van der Waals surface area contributed by atoms with Gasteiger partial charge in [0.2, 0.25) is 5.95 Å². The van der Waals surface area contributed by atoms with Crippen LogP contribution in [0.5, 0.6) is 0 Å². The van der Waals surface area contributed by atoms with Gasteiger partial charge in [-0.15, -0.1) is 5.10 Å². The smallest absolute Gasteiger partial charge is 0.338 e. The highest BCUT2D eigenvalue weighted by atomic mass is 35.5. The van der Waals surface area contributed by atoms with Gasteiger partial charge in [0.1, 0.15) is 5.82 Å². The number of benzene rings is 2. The van der Waals surface area contributed by atoms with Crippen molar-refractivity contribution in [3.63, 3.8) is 0 Å². The number of hydrogen-bond acceptors (Lipinski definition) is 5. The minimum atomic E-state index is -4.50. The monoisotopic (exact) mass is 383 g/mol. The Morgan fingerprint density at radius 2 is 1.69 bits per heavy atom. The molecule has 5 nitrogen and oxygen atoms in total. The van der Waals surface area contributed by atoms with Crippen molar-refractivity contribution in [3.8, 4) is 0 Å². The lowest BCUT2D eigenvalue weighted by molar-refractivity contribution is -0.137. The number of rotatable bonds is 4. The molecule has 26 heavy (non-hydrogen) atoms. The van der Waals surface area contributed by atoms with Gasteiger partial charge in [-0.2, -0.15) is 23.3 Å². The average molecular weight is 384 g/mol. The summed E-state index contributed by atoms with van der Waals surface area (Å²) >= 11 is 5.94. The first-order valence-electron chi connectivity index (χ1n) is 7.17. The van der Waals surface area contributed by atoms with Crippen LogP contribution >= 0.6 is 11.6 Å². The average Bonchev–Trinajstić information content (AvgIpc) is 2.58. The highest BCUT2D eigenvalue weighted by Gasteiger charge is 2.31. The summed E-state index contributed by atoms with van der Waals surface area (Å²) in [6, 6.07) is 8.34. The largest absolute Gasteiger partial charge is 0.416 e. The molecule has 0 amide bonds. The lowest BCUT2D eigenvalue weighted by Crippen LogP contribution is -2.06. The van der Waals surface area contributed by atoms with Crippen molar-refractivity contribution in [2.75, 3.05) is 10.6 Å². The molecule has 1 aromatic heterocycles. The third-order valence-corrected chi connectivity index (χ3v) is 3.55. The first kappa shape index (κ1) is 17.9. The zero-order valence-electron chi connectivity index (χ0n) is 12.9. The predicted octanol–water partition coefficient (Wildman–Crippen LogP) is 5.17. The van der Waals surface area contributed by atoms with Crippen molar-refractivity contribution in [2.45, 2.75) is 6.18 Å². The summed E-state index contributed by atoms with van der Waals surface area (Å²) in [4.78, 5) is 4.09. The molecule has 2 aromatic carbocycles. The van der Waals surface area contributed by atoms with Gasteiger partial charge in [-0.3, -0.25) is 0 Å². The van der Waals surface area contributed by atoms with Crippen LogP contribution in [0.15, 0.2) is 48.7 Å². The quantitative estimate of drug-likeness (QED) is 0.608. The van der Waals surface area contributed by atoms with E-state index in [0.717, 1.165) is 18.2 Å². The lowest BCUT2D eigenvalue weighted by Gasteiger charge is -2.12. The van der Waals surface area contributed by atoms with E-state index in [4.69, 9.17) is 11.6 Å². The second kappa shape index (κ2) is 7.12. The van der Waals surface area contributed by atoms with Gasteiger partial charge in [-0.05, 0) is 42.5 Å². The minimum absolute atomic E-state index is 0.0229. The Labute approximate surface area is 150 Å². The fraction of sp³-hybridized carbons (Fsp3) is 0.0625. The van der Waals surface area contributed by atoms with E-state index in [1.165, 1.54) is 30.5 Å². The van der Waals surface area contributed by atoms with E-state index >= 15 is 0 Å². The lowest BCUT2D eigenvalue weighted by atomic mass is 10.2. The molecule has 0 fully saturated rings. The Kier molecular flexibility index (Phi) is 4.90. The first-order valence-corrected chi connectivity index (χ1v) is 7.55. The van der Waals surface area contributed by atoms with Crippen LogP contribution in [-0.4, -0.2) is 15.2 Å². The molecular formula is C16H10ClF4N5. The maximum atomic E-state index is 12.9. The second-order valence-corrected chi connectivity index (χ2v) is 5.52. The van der Waals surface area contributed by atoms with Gasteiger partial charge >= 0.3 is 6.18 Å². The van der Waals surface area contributed by atoms with E-state index in [2.05, 4.69) is 25.8 Å². The fourth-order valence-electron chi connectivity index (χ4n) is 2.01. The molecule has 0 unspecified atom stereocenters. The summed E-state index contributed by atoms with van der Waals surface area (Å²) in [6.07, 6.45) is -3.27. The molecule has 1 heterocycles. The van der Waals surface area contributed by atoms with Gasteiger partial charge in [0.25, 0.3) is 0 Å². The van der Waals surface area contributed by atoms with Crippen molar-refractivity contribution in [1.82, 2.24) is 15.2 Å². The van der Waals surface area contributed by atoms with E-state index in [9.17, 15) is 17.6 Å². The fourth-order valence-corrected chi connectivity index (χ4v) is 2.18. The molecule has 0 aliphatic carbocycles. The van der Waals surface area contributed by atoms with Crippen LogP contribution in [0.2, 0.25) is 5.02 Å². The Morgan fingerprint density at radius 3 is 2.38 bits per heavy atom. The Morgan fingerprint density at radius 1 is 0.962 bits per heavy atom. The van der Waals surface area contributed by atoms with Gasteiger partial charge < -0.3 is 10.6 Å². The topological polar surface area (TPSA) is 62.7 Å². The molecule has 0 saturated heterocycles. The van der Waals surface area contributed by atoms with Crippen molar-refractivity contribution in [1.29, 1.82) is 0 Å². The van der Waals surface area contributed by atoms with Crippen LogP contribution < -0.4 is 10.6 Å². The highest BCUT2D eigenvalue weighted by molar-refractivity contribution is 6.33. The van der Waals surface area contributed by atoms with Crippen LogP contribution in [0.25, 0.3) is 0 Å². The molecule has 2 N–H and O–H groups in total. The van der Waals surface area contributed by atoms with Gasteiger partial charge in [-0.1, -0.05) is 11.6 Å². The zero-order valence-corrected chi connectivity index (χ0v) is 13.6. The molecule has 3 aromatic rings. The normalized spacial score (nSPS) is 11.3.